The Labute approximate surface area is 151 Å². The summed E-state index contributed by atoms with van der Waals surface area (Å²) < 4.78 is 33.0. The third kappa shape index (κ3) is 5.59. The van der Waals surface area contributed by atoms with E-state index >= 15 is 0 Å². The maximum atomic E-state index is 11.9. The first-order valence-electron chi connectivity index (χ1n) is 7.79. The van der Waals surface area contributed by atoms with Crippen LogP contribution in [0.3, 0.4) is 0 Å². The van der Waals surface area contributed by atoms with E-state index in [4.69, 9.17) is 9.47 Å². The fraction of sp³-hybridized carbons (Fsp3) is 0.222. The van der Waals surface area contributed by atoms with Gasteiger partial charge in [-0.15, -0.1) is 0 Å². The number of benzene rings is 2. The number of esters is 1. The van der Waals surface area contributed by atoms with Crippen molar-refractivity contribution in [2.45, 2.75) is 11.8 Å². The molecule has 1 amide bonds. The highest BCUT2D eigenvalue weighted by atomic mass is 32.2. The molecule has 0 radical (unpaired) electrons. The molecule has 2 rings (SSSR count). The third-order valence-electron chi connectivity index (χ3n) is 3.30. The van der Waals surface area contributed by atoms with Crippen molar-refractivity contribution in [1.29, 1.82) is 0 Å². The summed E-state index contributed by atoms with van der Waals surface area (Å²) in [6.45, 7) is 1.96. The SMILES string of the molecule is CCOc1ccc(NC(=O)COC(=O)c2ccc(S(C)(=O)=O)cc2)cc1. The molecule has 0 unspecified atom stereocenters. The molecule has 0 spiro atoms. The molecule has 0 saturated carbocycles. The Kier molecular flexibility index (Phi) is 6.35. The maximum Gasteiger partial charge on any atom is 0.338 e. The topological polar surface area (TPSA) is 98.8 Å². The molecule has 1 N–H and O–H groups in total. The number of carbonyl (C=O) groups is 2. The van der Waals surface area contributed by atoms with Crippen molar-refractivity contribution in [3.05, 3.63) is 54.1 Å². The summed E-state index contributed by atoms with van der Waals surface area (Å²) in [5.41, 5.74) is 0.707. The summed E-state index contributed by atoms with van der Waals surface area (Å²) in [5, 5.41) is 2.60. The van der Waals surface area contributed by atoms with Gasteiger partial charge in [-0.2, -0.15) is 0 Å². The van der Waals surface area contributed by atoms with Gasteiger partial charge in [0.05, 0.1) is 17.1 Å². The molecule has 0 aliphatic carbocycles. The lowest BCUT2D eigenvalue weighted by atomic mass is 10.2. The van der Waals surface area contributed by atoms with Crippen LogP contribution in [-0.2, 0) is 19.4 Å². The zero-order chi connectivity index (χ0) is 19.2. The lowest BCUT2D eigenvalue weighted by Crippen LogP contribution is -2.20. The Hall–Kier alpha value is -2.87. The van der Waals surface area contributed by atoms with Crippen LogP contribution in [-0.4, -0.2) is 39.8 Å². The molecule has 2 aromatic rings. The largest absolute Gasteiger partial charge is 0.494 e. The molecule has 0 aliphatic heterocycles. The van der Waals surface area contributed by atoms with Crippen molar-refractivity contribution in [2.24, 2.45) is 0 Å². The van der Waals surface area contributed by atoms with E-state index in [1.807, 2.05) is 6.92 Å². The summed E-state index contributed by atoms with van der Waals surface area (Å²) in [4.78, 5) is 23.9. The molecule has 138 valence electrons. The second-order valence-electron chi connectivity index (χ2n) is 5.38. The van der Waals surface area contributed by atoms with E-state index in [1.54, 1.807) is 24.3 Å². The quantitative estimate of drug-likeness (QED) is 0.743. The van der Waals surface area contributed by atoms with Crippen LogP contribution in [0.25, 0.3) is 0 Å². The summed E-state index contributed by atoms with van der Waals surface area (Å²) in [7, 11) is -3.34. The second-order valence-corrected chi connectivity index (χ2v) is 7.39. The van der Waals surface area contributed by atoms with Gasteiger partial charge in [-0.05, 0) is 55.5 Å². The predicted octanol–water partition coefficient (Wildman–Crippen LogP) is 2.28. The Balaban J connectivity index is 1.87. The Morgan fingerprint density at radius 1 is 1.00 bits per heavy atom. The second kappa shape index (κ2) is 8.48. The minimum Gasteiger partial charge on any atom is -0.494 e. The summed E-state index contributed by atoms with van der Waals surface area (Å²) in [6, 6.07) is 12.1. The van der Waals surface area contributed by atoms with Crippen LogP contribution >= 0.6 is 0 Å². The van der Waals surface area contributed by atoms with Crippen molar-refractivity contribution in [1.82, 2.24) is 0 Å². The third-order valence-corrected chi connectivity index (χ3v) is 4.43. The fourth-order valence-corrected chi connectivity index (χ4v) is 2.68. The summed E-state index contributed by atoms with van der Waals surface area (Å²) >= 11 is 0. The maximum absolute atomic E-state index is 11.9. The van der Waals surface area contributed by atoms with Gasteiger partial charge in [-0.3, -0.25) is 4.79 Å². The van der Waals surface area contributed by atoms with Gasteiger partial charge in [-0.25, -0.2) is 13.2 Å². The van der Waals surface area contributed by atoms with E-state index in [2.05, 4.69) is 5.32 Å². The Morgan fingerprint density at radius 2 is 1.62 bits per heavy atom. The summed E-state index contributed by atoms with van der Waals surface area (Å²) in [5.74, 6) is -0.517. The minimum absolute atomic E-state index is 0.0993. The lowest BCUT2D eigenvalue weighted by molar-refractivity contribution is -0.119. The van der Waals surface area contributed by atoms with Crippen LogP contribution in [0.15, 0.2) is 53.4 Å². The number of ether oxygens (including phenoxy) is 2. The molecular formula is C18H19NO6S. The average Bonchev–Trinajstić information content (AvgIpc) is 2.61. The van der Waals surface area contributed by atoms with Crippen molar-refractivity contribution >= 4 is 27.4 Å². The molecule has 0 aromatic heterocycles. The standard InChI is InChI=1S/C18H19NO6S/c1-3-24-15-8-6-14(7-9-15)19-17(20)12-25-18(21)13-4-10-16(11-5-13)26(2,22)23/h4-11H,3,12H2,1-2H3,(H,19,20). The molecule has 0 fully saturated rings. The van der Waals surface area contributed by atoms with Crippen LogP contribution in [0.1, 0.15) is 17.3 Å². The van der Waals surface area contributed by atoms with Gasteiger partial charge in [0.15, 0.2) is 16.4 Å². The highest BCUT2D eigenvalue weighted by molar-refractivity contribution is 7.90. The number of hydrogen-bond donors (Lipinski definition) is 1. The first kappa shape index (κ1) is 19.5. The highest BCUT2D eigenvalue weighted by Crippen LogP contribution is 2.15. The molecule has 26 heavy (non-hydrogen) atoms. The molecular weight excluding hydrogens is 358 g/mol. The van der Waals surface area contributed by atoms with Crippen molar-refractivity contribution < 1.29 is 27.5 Å². The first-order valence-corrected chi connectivity index (χ1v) is 9.68. The van der Waals surface area contributed by atoms with Gasteiger partial charge in [0.1, 0.15) is 5.75 Å². The first-order chi connectivity index (χ1) is 12.3. The molecule has 0 bridgehead atoms. The Bertz CT molecular complexity index is 873. The van der Waals surface area contributed by atoms with Crippen molar-refractivity contribution in [2.75, 3.05) is 24.8 Å². The normalized spacial score (nSPS) is 10.8. The van der Waals surface area contributed by atoms with Gasteiger partial charge in [0, 0.05) is 11.9 Å². The van der Waals surface area contributed by atoms with E-state index in [0.717, 1.165) is 6.26 Å². The number of amides is 1. The smallest absolute Gasteiger partial charge is 0.338 e. The van der Waals surface area contributed by atoms with E-state index in [1.165, 1.54) is 24.3 Å². The van der Waals surface area contributed by atoms with E-state index in [9.17, 15) is 18.0 Å². The van der Waals surface area contributed by atoms with Crippen LogP contribution < -0.4 is 10.1 Å². The van der Waals surface area contributed by atoms with Gasteiger partial charge < -0.3 is 14.8 Å². The van der Waals surface area contributed by atoms with Crippen LogP contribution in [0, 0.1) is 0 Å². The molecule has 0 heterocycles. The zero-order valence-electron chi connectivity index (χ0n) is 14.4. The van der Waals surface area contributed by atoms with Gasteiger partial charge in [0.2, 0.25) is 0 Å². The molecule has 0 saturated heterocycles. The minimum atomic E-state index is -3.34. The van der Waals surface area contributed by atoms with Crippen molar-refractivity contribution in [3.63, 3.8) is 0 Å². The lowest BCUT2D eigenvalue weighted by Gasteiger charge is -2.08. The van der Waals surface area contributed by atoms with Crippen LogP contribution in [0.4, 0.5) is 5.69 Å². The van der Waals surface area contributed by atoms with E-state index in [-0.39, 0.29) is 10.5 Å². The zero-order valence-corrected chi connectivity index (χ0v) is 15.2. The summed E-state index contributed by atoms with van der Waals surface area (Å²) in [6.07, 6.45) is 1.07. The number of hydrogen-bond acceptors (Lipinski definition) is 6. The highest BCUT2D eigenvalue weighted by Gasteiger charge is 2.12. The molecule has 2 aromatic carbocycles. The predicted molar refractivity (Wildman–Crippen MR) is 96.1 cm³/mol. The number of carbonyl (C=O) groups excluding carboxylic acids is 2. The molecule has 0 aliphatic rings. The Morgan fingerprint density at radius 3 is 2.15 bits per heavy atom. The molecule has 0 atom stereocenters. The van der Waals surface area contributed by atoms with Gasteiger partial charge in [0.25, 0.3) is 5.91 Å². The van der Waals surface area contributed by atoms with Crippen LogP contribution in [0.2, 0.25) is 0 Å². The fourth-order valence-electron chi connectivity index (χ4n) is 2.05. The van der Waals surface area contributed by atoms with Gasteiger partial charge in [-0.1, -0.05) is 0 Å². The number of sulfone groups is 1. The monoisotopic (exact) mass is 377 g/mol. The number of anilines is 1. The number of rotatable bonds is 7. The van der Waals surface area contributed by atoms with Crippen molar-refractivity contribution in [3.8, 4) is 5.75 Å². The average molecular weight is 377 g/mol. The molecule has 8 heteroatoms. The van der Waals surface area contributed by atoms with E-state index in [0.29, 0.717) is 18.0 Å². The van der Waals surface area contributed by atoms with Gasteiger partial charge >= 0.3 is 5.97 Å². The van der Waals surface area contributed by atoms with Crippen LogP contribution in [0.5, 0.6) is 5.75 Å². The molecule has 7 nitrogen and oxygen atoms in total. The number of nitrogens with one attached hydrogen (secondary N) is 1. The van der Waals surface area contributed by atoms with E-state index < -0.39 is 28.3 Å².